The van der Waals surface area contributed by atoms with Crippen LogP contribution in [0.15, 0.2) is 64.1 Å². The Morgan fingerprint density at radius 3 is 2.62 bits per heavy atom. The van der Waals surface area contributed by atoms with Crippen LogP contribution < -0.4 is 5.56 Å². The van der Waals surface area contributed by atoms with E-state index >= 15 is 0 Å². The van der Waals surface area contributed by atoms with Crippen LogP contribution in [0.25, 0.3) is 11.3 Å². The van der Waals surface area contributed by atoms with Crippen LogP contribution >= 0.6 is 0 Å². The van der Waals surface area contributed by atoms with Gasteiger partial charge in [-0.1, -0.05) is 30.3 Å². The second kappa shape index (κ2) is 5.38. The Morgan fingerprint density at radius 2 is 1.95 bits per heavy atom. The number of rotatable bonds is 3. The van der Waals surface area contributed by atoms with Gasteiger partial charge in [0.2, 0.25) is 0 Å². The van der Waals surface area contributed by atoms with Gasteiger partial charge in [0.05, 0.1) is 18.2 Å². The number of nitrogens with zero attached hydrogens (tertiary/aromatic N) is 2. The summed E-state index contributed by atoms with van der Waals surface area (Å²) in [4.78, 5) is 16.6. The molecule has 2 heterocycles. The molecule has 0 aliphatic rings. The summed E-state index contributed by atoms with van der Waals surface area (Å²) < 4.78 is 6.56. The largest absolute Gasteiger partial charge is 0.466 e. The zero-order valence-electron chi connectivity index (χ0n) is 11.4. The topological polar surface area (TPSA) is 68.3 Å². The summed E-state index contributed by atoms with van der Waals surface area (Å²) in [7, 11) is 1.61. The van der Waals surface area contributed by atoms with Gasteiger partial charge in [0, 0.05) is 12.6 Å². The predicted octanol–water partition coefficient (Wildman–Crippen LogP) is 2.12. The van der Waals surface area contributed by atoms with Crippen molar-refractivity contribution in [2.45, 2.75) is 6.10 Å². The summed E-state index contributed by atoms with van der Waals surface area (Å²) in [5.74, 6) is 0.374. The molecular weight excluding hydrogens is 268 g/mol. The van der Waals surface area contributed by atoms with Crippen LogP contribution in [0.5, 0.6) is 0 Å². The Morgan fingerprint density at radius 1 is 1.19 bits per heavy atom. The van der Waals surface area contributed by atoms with E-state index in [0.29, 0.717) is 17.1 Å². The van der Waals surface area contributed by atoms with Gasteiger partial charge in [0.15, 0.2) is 6.10 Å². The Bertz CT molecular complexity index is 792. The van der Waals surface area contributed by atoms with E-state index in [0.717, 1.165) is 5.56 Å². The number of furan rings is 1. The van der Waals surface area contributed by atoms with E-state index in [4.69, 9.17) is 4.42 Å². The lowest BCUT2D eigenvalue weighted by Gasteiger charge is -2.13. The van der Waals surface area contributed by atoms with E-state index in [1.165, 1.54) is 17.0 Å². The maximum atomic E-state index is 12.4. The molecule has 0 fully saturated rings. The zero-order valence-corrected chi connectivity index (χ0v) is 11.4. The van der Waals surface area contributed by atoms with Crippen molar-refractivity contribution in [3.8, 4) is 11.3 Å². The molecule has 106 valence electrons. The number of aliphatic hydroxyl groups excluding tert-OH is 1. The van der Waals surface area contributed by atoms with Gasteiger partial charge >= 0.3 is 0 Å². The molecule has 2 aromatic heterocycles. The first-order valence-corrected chi connectivity index (χ1v) is 6.51. The number of benzene rings is 1. The van der Waals surface area contributed by atoms with Crippen LogP contribution in [-0.4, -0.2) is 14.7 Å². The molecule has 0 amide bonds. The third-order valence-electron chi connectivity index (χ3n) is 3.36. The third kappa shape index (κ3) is 2.39. The Balaban J connectivity index is 2.07. The highest BCUT2D eigenvalue weighted by atomic mass is 16.4. The Kier molecular flexibility index (Phi) is 3.41. The first kappa shape index (κ1) is 13.3. The van der Waals surface area contributed by atoms with Gasteiger partial charge in [-0.05, 0) is 12.1 Å². The second-order valence-electron chi connectivity index (χ2n) is 4.68. The van der Waals surface area contributed by atoms with E-state index in [-0.39, 0.29) is 5.56 Å². The van der Waals surface area contributed by atoms with Crippen molar-refractivity contribution in [2.24, 2.45) is 7.05 Å². The van der Waals surface area contributed by atoms with Crippen molar-refractivity contribution in [3.05, 3.63) is 76.7 Å². The molecule has 1 atom stereocenters. The molecule has 0 saturated carbocycles. The molecule has 0 spiro atoms. The van der Waals surface area contributed by atoms with E-state index in [2.05, 4.69) is 4.98 Å². The van der Waals surface area contributed by atoms with Gasteiger partial charge in [-0.15, -0.1) is 0 Å². The van der Waals surface area contributed by atoms with Gasteiger partial charge in [0.1, 0.15) is 11.5 Å². The Labute approximate surface area is 121 Å². The molecular formula is C16H14N2O3. The fraction of sp³-hybridized carbons (Fsp3) is 0.125. The van der Waals surface area contributed by atoms with Crippen LogP contribution in [0, 0.1) is 0 Å². The second-order valence-corrected chi connectivity index (χ2v) is 4.68. The predicted molar refractivity (Wildman–Crippen MR) is 77.7 cm³/mol. The molecule has 1 aromatic carbocycles. The summed E-state index contributed by atoms with van der Waals surface area (Å²) in [5, 5.41) is 10.3. The third-order valence-corrected chi connectivity index (χ3v) is 3.36. The molecule has 5 heteroatoms. The van der Waals surface area contributed by atoms with Crippen molar-refractivity contribution in [2.75, 3.05) is 0 Å². The van der Waals surface area contributed by atoms with Crippen molar-refractivity contribution in [3.63, 3.8) is 0 Å². The molecule has 3 rings (SSSR count). The maximum absolute atomic E-state index is 12.4. The highest BCUT2D eigenvalue weighted by Crippen LogP contribution is 2.21. The summed E-state index contributed by atoms with van der Waals surface area (Å²) in [6.07, 6.45) is 1.95. The fourth-order valence-electron chi connectivity index (χ4n) is 2.19. The summed E-state index contributed by atoms with van der Waals surface area (Å²) in [6.45, 7) is 0. The molecule has 1 unspecified atom stereocenters. The molecule has 1 N–H and O–H groups in total. The number of aromatic nitrogens is 2. The minimum absolute atomic E-state index is 0.260. The minimum Gasteiger partial charge on any atom is -0.466 e. The lowest BCUT2D eigenvalue weighted by molar-refractivity contribution is 0.179. The van der Waals surface area contributed by atoms with Crippen LogP contribution in [0.2, 0.25) is 0 Å². The summed E-state index contributed by atoms with van der Waals surface area (Å²) >= 11 is 0. The molecule has 21 heavy (non-hydrogen) atoms. The van der Waals surface area contributed by atoms with E-state index in [1.54, 1.807) is 19.2 Å². The SMILES string of the molecule is Cn1c(C(O)c2ccco2)cnc(-c2ccccc2)c1=O. The van der Waals surface area contributed by atoms with Gasteiger partial charge in [-0.3, -0.25) is 4.79 Å². The van der Waals surface area contributed by atoms with E-state index in [1.807, 2.05) is 30.3 Å². The average molecular weight is 282 g/mol. The van der Waals surface area contributed by atoms with Gasteiger partial charge in [-0.2, -0.15) is 0 Å². The first-order valence-electron chi connectivity index (χ1n) is 6.51. The van der Waals surface area contributed by atoms with Crippen molar-refractivity contribution in [1.82, 2.24) is 9.55 Å². The molecule has 0 bridgehead atoms. The van der Waals surface area contributed by atoms with Crippen molar-refractivity contribution < 1.29 is 9.52 Å². The van der Waals surface area contributed by atoms with Crippen LogP contribution in [0.3, 0.4) is 0 Å². The number of hydrogen-bond acceptors (Lipinski definition) is 4. The lowest BCUT2D eigenvalue weighted by Crippen LogP contribution is -2.25. The fourth-order valence-corrected chi connectivity index (χ4v) is 2.19. The van der Waals surface area contributed by atoms with E-state index < -0.39 is 6.10 Å². The highest BCUT2D eigenvalue weighted by Gasteiger charge is 2.19. The van der Waals surface area contributed by atoms with Crippen LogP contribution in [0.1, 0.15) is 17.6 Å². The highest BCUT2D eigenvalue weighted by molar-refractivity contribution is 5.57. The average Bonchev–Trinajstić information content (AvgIpc) is 3.04. The quantitative estimate of drug-likeness (QED) is 0.799. The molecule has 0 saturated heterocycles. The number of hydrogen-bond donors (Lipinski definition) is 1. The smallest absolute Gasteiger partial charge is 0.277 e. The standard InChI is InChI=1S/C16H14N2O3/c1-18-12(15(19)13-8-5-9-21-13)10-17-14(16(18)20)11-6-3-2-4-7-11/h2-10,15,19H,1H3. The molecule has 0 aliphatic carbocycles. The van der Waals surface area contributed by atoms with Gasteiger partial charge in [0.25, 0.3) is 5.56 Å². The monoisotopic (exact) mass is 282 g/mol. The Hall–Kier alpha value is -2.66. The summed E-state index contributed by atoms with van der Waals surface area (Å²) in [6, 6.07) is 12.6. The van der Waals surface area contributed by atoms with E-state index in [9.17, 15) is 9.90 Å². The maximum Gasteiger partial charge on any atom is 0.277 e. The van der Waals surface area contributed by atoms with Crippen LogP contribution in [0.4, 0.5) is 0 Å². The van der Waals surface area contributed by atoms with Gasteiger partial charge in [-0.25, -0.2) is 4.98 Å². The number of aliphatic hydroxyl groups is 1. The summed E-state index contributed by atoms with van der Waals surface area (Å²) in [5.41, 5.74) is 1.23. The zero-order chi connectivity index (χ0) is 14.8. The first-order chi connectivity index (χ1) is 10.2. The molecule has 0 aliphatic heterocycles. The van der Waals surface area contributed by atoms with Gasteiger partial charge < -0.3 is 14.1 Å². The normalized spacial score (nSPS) is 12.3. The van der Waals surface area contributed by atoms with Crippen molar-refractivity contribution in [1.29, 1.82) is 0 Å². The van der Waals surface area contributed by atoms with Crippen molar-refractivity contribution >= 4 is 0 Å². The molecule has 3 aromatic rings. The van der Waals surface area contributed by atoms with Crippen LogP contribution in [-0.2, 0) is 7.05 Å². The minimum atomic E-state index is -1.02. The lowest BCUT2D eigenvalue weighted by atomic mass is 10.1. The molecule has 0 radical (unpaired) electrons. The molecule has 5 nitrogen and oxygen atoms in total.